The molecule has 0 heterocycles. The molecule has 0 saturated heterocycles. The zero-order valence-corrected chi connectivity index (χ0v) is 10.1. The van der Waals surface area contributed by atoms with Crippen LogP contribution >= 0.6 is 0 Å². The van der Waals surface area contributed by atoms with Crippen LogP contribution in [0, 0.1) is 0 Å². The molecule has 0 unspecified atom stereocenters. The van der Waals surface area contributed by atoms with Crippen molar-refractivity contribution in [3.63, 3.8) is 0 Å². The molecule has 0 aliphatic rings. The van der Waals surface area contributed by atoms with E-state index in [0.717, 1.165) is 24.9 Å². The van der Waals surface area contributed by atoms with E-state index in [9.17, 15) is 4.79 Å². The molecule has 1 aromatic rings. The Morgan fingerprint density at radius 3 is 2.62 bits per heavy atom. The van der Waals surface area contributed by atoms with Gasteiger partial charge in [-0.3, -0.25) is 0 Å². The number of rotatable bonds is 5. The number of hydrogen-bond acceptors (Lipinski definition) is 1. The number of carbonyl (C=O) groups excluding carboxylic acids is 1. The fourth-order valence-electron chi connectivity index (χ4n) is 1.41. The largest absolute Gasteiger partial charge is 0.334 e. The first-order valence-electron chi connectivity index (χ1n) is 5.77. The molecule has 0 atom stereocenters. The number of carbonyl (C=O) groups is 1. The molecule has 0 saturated carbocycles. The van der Waals surface area contributed by atoms with Crippen molar-refractivity contribution in [1.82, 2.24) is 10.2 Å². The van der Waals surface area contributed by atoms with E-state index in [2.05, 4.69) is 12.2 Å². The molecule has 1 aromatic carbocycles. The second-order valence-electron chi connectivity index (χ2n) is 3.92. The van der Waals surface area contributed by atoms with E-state index < -0.39 is 0 Å². The minimum atomic E-state index is -0.00250. The fraction of sp³-hybridized carbons (Fsp3) is 0.462. The monoisotopic (exact) mass is 220 g/mol. The van der Waals surface area contributed by atoms with Crippen molar-refractivity contribution in [2.24, 2.45) is 0 Å². The van der Waals surface area contributed by atoms with Gasteiger partial charge in [-0.25, -0.2) is 4.79 Å². The highest BCUT2D eigenvalue weighted by atomic mass is 16.2. The molecule has 0 aromatic heterocycles. The van der Waals surface area contributed by atoms with Crippen LogP contribution in [0.15, 0.2) is 30.3 Å². The van der Waals surface area contributed by atoms with E-state index in [4.69, 9.17) is 0 Å². The van der Waals surface area contributed by atoms with Crippen molar-refractivity contribution in [2.45, 2.75) is 26.3 Å². The minimum Gasteiger partial charge on any atom is -0.334 e. The van der Waals surface area contributed by atoms with E-state index >= 15 is 0 Å². The zero-order valence-electron chi connectivity index (χ0n) is 10.1. The normalized spacial score (nSPS) is 9.88. The molecule has 0 aliphatic carbocycles. The Morgan fingerprint density at radius 2 is 2.00 bits per heavy atom. The molecular weight excluding hydrogens is 200 g/mol. The summed E-state index contributed by atoms with van der Waals surface area (Å²) in [5.41, 5.74) is 1.12. The van der Waals surface area contributed by atoms with E-state index in [1.54, 1.807) is 4.90 Å². The lowest BCUT2D eigenvalue weighted by atomic mass is 10.2. The first-order chi connectivity index (χ1) is 7.74. The van der Waals surface area contributed by atoms with Gasteiger partial charge in [0.2, 0.25) is 0 Å². The van der Waals surface area contributed by atoms with Crippen LogP contribution in [0.1, 0.15) is 25.3 Å². The number of nitrogens with one attached hydrogen (secondary N) is 1. The van der Waals surface area contributed by atoms with Crippen LogP contribution < -0.4 is 5.32 Å². The summed E-state index contributed by atoms with van der Waals surface area (Å²) in [5, 5.41) is 2.89. The smallest absolute Gasteiger partial charge is 0.317 e. The quantitative estimate of drug-likeness (QED) is 0.813. The molecule has 0 fully saturated rings. The highest BCUT2D eigenvalue weighted by Crippen LogP contribution is 1.98. The van der Waals surface area contributed by atoms with Gasteiger partial charge in [-0.1, -0.05) is 43.7 Å². The summed E-state index contributed by atoms with van der Waals surface area (Å²) >= 11 is 0. The summed E-state index contributed by atoms with van der Waals surface area (Å²) in [6.07, 6.45) is 2.16. The first kappa shape index (κ1) is 12.6. The Labute approximate surface area is 97.5 Å². The third kappa shape index (κ3) is 4.34. The van der Waals surface area contributed by atoms with E-state index in [-0.39, 0.29) is 6.03 Å². The topological polar surface area (TPSA) is 32.3 Å². The molecule has 1 N–H and O–H groups in total. The standard InChI is InChI=1S/C13H20N2O/c1-3-4-10-15(2)13(16)14-11-12-8-6-5-7-9-12/h5-9H,3-4,10-11H2,1-2H3,(H,14,16). The van der Waals surface area contributed by atoms with Crippen molar-refractivity contribution in [2.75, 3.05) is 13.6 Å². The molecular formula is C13H20N2O. The van der Waals surface area contributed by atoms with Gasteiger partial charge in [0.1, 0.15) is 0 Å². The third-order valence-corrected chi connectivity index (χ3v) is 2.48. The van der Waals surface area contributed by atoms with Crippen LogP contribution in [-0.2, 0) is 6.54 Å². The number of nitrogens with zero attached hydrogens (tertiary/aromatic N) is 1. The van der Waals surface area contributed by atoms with Gasteiger partial charge in [-0.15, -0.1) is 0 Å². The van der Waals surface area contributed by atoms with Crippen molar-refractivity contribution in [3.05, 3.63) is 35.9 Å². The Morgan fingerprint density at radius 1 is 1.31 bits per heavy atom. The third-order valence-electron chi connectivity index (χ3n) is 2.48. The van der Waals surface area contributed by atoms with E-state index in [1.165, 1.54) is 0 Å². The highest BCUT2D eigenvalue weighted by Gasteiger charge is 2.06. The van der Waals surface area contributed by atoms with Crippen molar-refractivity contribution in [1.29, 1.82) is 0 Å². The first-order valence-corrected chi connectivity index (χ1v) is 5.77. The van der Waals surface area contributed by atoms with Crippen molar-refractivity contribution < 1.29 is 4.79 Å². The lowest BCUT2D eigenvalue weighted by Gasteiger charge is -2.17. The van der Waals surface area contributed by atoms with Gasteiger partial charge in [0, 0.05) is 20.1 Å². The molecule has 0 bridgehead atoms. The zero-order chi connectivity index (χ0) is 11.8. The van der Waals surface area contributed by atoms with E-state index in [1.807, 2.05) is 37.4 Å². The van der Waals surface area contributed by atoms with Crippen LogP contribution in [0.4, 0.5) is 4.79 Å². The van der Waals surface area contributed by atoms with Gasteiger partial charge in [0.15, 0.2) is 0 Å². The predicted molar refractivity (Wildman–Crippen MR) is 66.2 cm³/mol. The molecule has 3 nitrogen and oxygen atoms in total. The van der Waals surface area contributed by atoms with Crippen LogP contribution in [0.5, 0.6) is 0 Å². The Bertz CT molecular complexity index is 311. The average molecular weight is 220 g/mol. The van der Waals surface area contributed by atoms with Gasteiger partial charge >= 0.3 is 6.03 Å². The number of benzene rings is 1. The van der Waals surface area contributed by atoms with Gasteiger partial charge in [-0.05, 0) is 12.0 Å². The molecule has 1 rings (SSSR count). The van der Waals surface area contributed by atoms with Crippen LogP contribution in [0.25, 0.3) is 0 Å². The SMILES string of the molecule is CCCCN(C)C(=O)NCc1ccccc1. The molecule has 3 heteroatoms. The van der Waals surface area contributed by atoms with Crippen LogP contribution in [0.3, 0.4) is 0 Å². The Hall–Kier alpha value is -1.51. The van der Waals surface area contributed by atoms with Crippen LogP contribution in [-0.4, -0.2) is 24.5 Å². The van der Waals surface area contributed by atoms with Crippen LogP contribution in [0.2, 0.25) is 0 Å². The molecule has 88 valence electrons. The van der Waals surface area contributed by atoms with Gasteiger partial charge in [-0.2, -0.15) is 0 Å². The number of urea groups is 1. The lowest BCUT2D eigenvalue weighted by molar-refractivity contribution is 0.207. The molecule has 0 radical (unpaired) electrons. The summed E-state index contributed by atoms with van der Waals surface area (Å²) in [7, 11) is 1.83. The average Bonchev–Trinajstić information content (AvgIpc) is 2.34. The fourth-order valence-corrected chi connectivity index (χ4v) is 1.41. The Kier molecular flexibility index (Phi) is 5.40. The predicted octanol–water partition coefficient (Wildman–Crippen LogP) is 2.63. The van der Waals surface area contributed by atoms with Crippen molar-refractivity contribution in [3.8, 4) is 0 Å². The van der Waals surface area contributed by atoms with Gasteiger partial charge in [0.25, 0.3) is 0 Å². The van der Waals surface area contributed by atoms with Gasteiger partial charge < -0.3 is 10.2 Å². The molecule has 0 aliphatic heterocycles. The molecule has 16 heavy (non-hydrogen) atoms. The number of unbranched alkanes of at least 4 members (excludes halogenated alkanes) is 1. The maximum atomic E-state index is 11.6. The second kappa shape index (κ2) is 6.88. The van der Waals surface area contributed by atoms with E-state index in [0.29, 0.717) is 6.54 Å². The van der Waals surface area contributed by atoms with Gasteiger partial charge in [0.05, 0.1) is 0 Å². The second-order valence-corrected chi connectivity index (χ2v) is 3.92. The summed E-state index contributed by atoms with van der Waals surface area (Å²) in [6.45, 7) is 3.53. The number of hydrogen-bond donors (Lipinski definition) is 1. The molecule has 0 spiro atoms. The summed E-state index contributed by atoms with van der Waals surface area (Å²) in [4.78, 5) is 13.4. The molecule has 2 amide bonds. The lowest BCUT2D eigenvalue weighted by Crippen LogP contribution is -2.37. The maximum Gasteiger partial charge on any atom is 0.317 e. The Balaban J connectivity index is 2.29. The minimum absolute atomic E-state index is 0.00250. The highest BCUT2D eigenvalue weighted by molar-refractivity contribution is 5.73. The summed E-state index contributed by atoms with van der Waals surface area (Å²) < 4.78 is 0. The van der Waals surface area contributed by atoms with Crippen molar-refractivity contribution >= 4 is 6.03 Å². The number of amides is 2. The maximum absolute atomic E-state index is 11.6. The summed E-state index contributed by atoms with van der Waals surface area (Å²) in [6, 6.07) is 9.93. The summed E-state index contributed by atoms with van der Waals surface area (Å²) in [5.74, 6) is 0.